The number of fused-ring (bicyclic) bond motifs is 1. The molecular formula is C20H21N3O3S2. The summed E-state index contributed by atoms with van der Waals surface area (Å²) < 4.78 is 12.6. The maximum Gasteiger partial charge on any atom is 0.306 e. The number of aliphatic imine (C=N–C) groups is 1. The number of furan rings is 1. The molecule has 1 atom stereocenters. The van der Waals surface area contributed by atoms with Gasteiger partial charge in [-0.05, 0) is 31.2 Å². The van der Waals surface area contributed by atoms with Crippen LogP contribution in [-0.4, -0.2) is 41.4 Å². The number of benzene rings is 1. The second-order valence-corrected chi connectivity index (χ2v) is 8.76. The van der Waals surface area contributed by atoms with Crippen molar-refractivity contribution in [3.8, 4) is 0 Å². The minimum absolute atomic E-state index is 0.136. The summed E-state index contributed by atoms with van der Waals surface area (Å²) in [6.07, 6.45) is 2.06. The van der Waals surface area contributed by atoms with Crippen molar-refractivity contribution in [3.05, 3.63) is 48.4 Å². The first kappa shape index (κ1) is 19.0. The number of anilines is 1. The number of hydrogen-bond acceptors (Lipinski definition) is 7. The minimum atomic E-state index is -0.160. The molecule has 146 valence electrons. The molecule has 0 spiro atoms. The molecule has 1 unspecified atom stereocenters. The van der Waals surface area contributed by atoms with E-state index in [0.29, 0.717) is 19.6 Å². The number of aromatic nitrogens is 1. The van der Waals surface area contributed by atoms with E-state index in [0.717, 1.165) is 32.4 Å². The van der Waals surface area contributed by atoms with Gasteiger partial charge in [-0.2, -0.15) is 0 Å². The second kappa shape index (κ2) is 8.36. The third kappa shape index (κ3) is 4.07. The number of hydrogen-bond donors (Lipinski definition) is 1. The quantitative estimate of drug-likeness (QED) is 0.445. The number of ether oxygens (including phenoxy) is 1. The van der Waals surface area contributed by atoms with Crippen LogP contribution < -0.4 is 4.31 Å². The Morgan fingerprint density at radius 2 is 2.32 bits per heavy atom. The number of nitrogens with zero attached hydrogens (tertiary/aromatic N) is 2. The second-order valence-electron chi connectivity index (χ2n) is 6.34. The van der Waals surface area contributed by atoms with Gasteiger partial charge in [0.2, 0.25) is 0 Å². The Morgan fingerprint density at radius 1 is 1.43 bits per heavy atom. The summed E-state index contributed by atoms with van der Waals surface area (Å²) in [4.78, 5) is 19.9. The van der Waals surface area contributed by atoms with Crippen LogP contribution in [0.5, 0.6) is 0 Å². The van der Waals surface area contributed by atoms with Gasteiger partial charge in [0.1, 0.15) is 5.04 Å². The van der Waals surface area contributed by atoms with Crippen molar-refractivity contribution in [2.45, 2.75) is 23.7 Å². The average Bonchev–Trinajstić information content (AvgIpc) is 3.41. The van der Waals surface area contributed by atoms with Gasteiger partial charge in [-0.1, -0.05) is 23.9 Å². The molecule has 0 saturated heterocycles. The van der Waals surface area contributed by atoms with Crippen LogP contribution in [0.3, 0.4) is 0 Å². The van der Waals surface area contributed by atoms with Crippen LogP contribution in [0.2, 0.25) is 0 Å². The van der Waals surface area contributed by atoms with E-state index in [4.69, 9.17) is 9.15 Å². The number of nitrogens with one attached hydrogen (secondary N) is 1. The molecular weight excluding hydrogens is 394 g/mol. The summed E-state index contributed by atoms with van der Waals surface area (Å²) in [6.45, 7) is 2.87. The molecule has 1 N–H and O–H groups in total. The van der Waals surface area contributed by atoms with Crippen molar-refractivity contribution in [3.63, 3.8) is 0 Å². The average molecular weight is 416 g/mol. The molecule has 28 heavy (non-hydrogen) atoms. The first-order valence-corrected chi connectivity index (χ1v) is 10.7. The molecule has 0 fully saturated rings. The van der Waals surface area contributed by atoms with Crippen LogP contribution in [0.1, 0.15) is 19.0 Å². The van der Waals surface area contributed by atoms with Gasteiger partial charge in [-0.15, -0.1) is 0 Å². The lowest BCUT2D eigenvalue weighted by molar-refractivity contribution is -0.143. The van der Waals surface area contributed by atoms with E-state index in [1.165, 1.54) is 11.9 Å². The summed E-state index contributed by atoms with van der Waals surface area (Å²) >= 11 is 3.17. The number of esters is 1. The smallest absolute Gasteiger partial charge is 0.306 e. The minimum Gasteiger partial charge on any atom is -0.466 e. The number of aromatic amines is 1. The standard InChI is InChI=1S/C20H21N3O3S2/c1-3-25-17(24)11-14-12-21-20(27-14)15-10-13-6-4-7-16(19(13)22-15)23(2)28-18-8-5-9-26-18/h4-10,14,22H,3,11-12H2,1-2H3. The van der Waals surface area contributed by atoms with E-state index in [2.05, 4.69) is 32.5 Å². The highest BCUT2D eigenvalue weighted by Gasteiger charge is 2.25. The fraction of sp³-hybridized carbons (Fsp3) is 0.300. The van der Waals surface area contributed by atoms with Crippen molar-refractivity contribution in [2.24, 2.45) is 4.99 Å². The summed E-state index contributed by atoms with van der Waals surface area (Å²) in [5, 5.41) is 3.04. The summed E-state index contributed by atoms with van der Waals surface area (Å²) in [5.41, 5.74) is 3.10. The van der Waals surface area contributed by atoms with Gasteiger partial charge in [0, 0.05) is 29.6 Å². The molecule has 8 heteroatoms. The number of H-pyrrole nitrogens is 1. The zero-order chi connectivity index (χ0) is 19.5. The predicted molar refractivity (Wildman–Crippen MR) is 115 cm³/mol. The van der Waals surface area contributed by atoms with Crippen LogP contribution in [0.15, 0.2) is 57.2 Å². The van der Waals surface area contributed by atoms with Crippen LogP contribution >= 0.6 is 23.7 Å². The van der Waals surface area contributed by atoms with E-state index in [1.54, 1.807) is 18.0 Å². The molecule has 1 aromatic carbocycles. The fourth-order valence-corrected chi connectivity index (χ4v) is 4.92. The Hall–Kier alpha value is -2.32. The lowest BCUT2D eigenvalue weighted by atomic mass is 10.2. The Balaban J connectivity index is 1.51. The van der Waals surface area contributed by atoms with Gasteiger partial charge in [0.05, 0.1) is 42.7 Å². The number of carbonyl (C=O) groups excluding carboxylic acids is 1. The predicted octanol–water partition coefficient (Wildman–Crippen LogP) is 4.72. The molecule has 2 aromatic heterocycles. The number of thioether (sulfide) groups is 1. The van der Waals surface area contributed by atoms with Gasteiger partial charge in [0.25, 0.3) is 0 Å². The Bertz CT molecular complexity index is 997. The van der Waals surface area contributed by atoms with Crippen LogP contribution in [-0.2, 0) is 9.53 Å². The third-order valence-electron chi connectivity index (χ3n) is 4.34. The van der Waals surface area contributed by atoms with Gasteiger partial charge in [0.15, 0.2) is 5.09 Å². The van der Waals surface area contributed by atoms with Gasteiger partial charge in [-0.25, -0.2) is 0 Å². The Morgan fingerprint density at radius 3 is 3.11 bits per heavy atom. The summed E-state index contributed by atoms with van der Waals surface area (Å²) in [5.74, 6) is -0.160. The first-order chi connectivity index (χ1) is 13.6. The number of para-hydroxylation sites is 1. The molecule has 0 radical (unpaired) electrons. The maximum atomic E-state index is 11.7. The molecule has 0 bridgehead atoms. The topological polar surface area (TPSA) is 70.8 Å². The largest absolute Gasteiger partial charge is 0.466 e. The highest BCUT2D eigenvalue weighted by Crippen LogP contribution is 2.35. The molecule has 1 aliphatic heterocycles. The Labute approximate surface area is 171 Å². The summed E-state index contributed by atoms with van der Waals surface area (Å²) in [7, 11) is 2.01. The third-order valence-corrected chi connectivity index (χ3v) is 6.45. The Kier molecular flexibility index (Phi) is 5.68. The first-order valence-electron chi connectivity index (χ1n) is 9.08. The molecule has 0 amide bonds. The molecule has 6 nitrogen and oxygen atoms in total. The van der Waals surface area contributed by atoms with Gasteiger partial charge in [-0.3, -0.25) is 9.79 Å². The fourth-order valence-electron chi connectivity index (χ4n) is 3.10. The van der Waals surface area contributed by atoms with E-state index in [-0.39, 0.29) is 11.2 Å². The van der Waals surface area contributed by atoms with Crippen LogP contribution in [0.25, 0.3) is 10.9 Å². The molecule has 1 aliphatic rings. The van der Waals surface area contributed by atoms with Crippen molar-refractivity contribution in [2.75, 3.05) is 24.5 Å². The maximum absolute atomic E-state index is 11.7. The molecule has 4 rings (SSSR count). The van der Waals surface area contributed by atoms with E-state index < -0.39 is 0 Å². The van der Waals surface area contributed by atoms with Gasteiger partial charge < -0.3 is 18.4 Å². The normalized spacial score (nSPS) is 16.4. The van der Waals surface area contributed by atoms with Crippen molar-refractivity contribution in [1.82, 2.24) is 4.98 Å². The van der Waals surface area contributed by atoms with Crippen LogP contribution in [0, 0.1) is 0 Å². The molecule has 0 saturated carbocycles. The highest BCUT2D eigenvalue weighted by molar-refractivity contribution is 8.15. The highest BCUT2D eigenvalue weighted by atomic mass is 32.2. The van der Waals surface area contributed by atoms with E-state index in [9.17, 15) is 4.79 Å². The lowest BCUT2D eigenvalue weighted by Gasteiger charge is -2.17. The van der Waals surface area contributed by atoms with Gasteiger partial charge >= 0.3 is 5.97 Å². The van der Waals surface area contributed by atoms with E-state index >= 15 is 0 Å². The SMILES string of the molecule is CCOC(=O)CC1CN=C(c2cc3cccc(N(C)Sc4ccco4)c3[nH]2)S1. The van der Waals surface area contributed by atoms with Crippen LogP contribution in [0.4, 0.5) is 5.69 Å². The zero-order valence-electron chi connectivity index (χ0n) is 15.7. The van der Waals surface area contributed by atoms with Crippen molar-refractivity contribution >= 4 is 51.3 Å². The van der Waals surface area contributed by atoms with Crippen molar-refractivity contribution in [1.29, 1.82) is 0 Å². The number of rotatable bonds is 7. The molecule has 0 aliphatic carbocycles. The summed E-state index contributed by atoms with van der Waals surface area (Å²) in [6, 6.07) is 12.1. The monoisotopic (exact) mass is 415 g/mol. The molecule has 3 aromatic rings. The number of carbonyl (C=O) groups is 1. The molecule has 3 heterocycles. The zero-order valence-corrected chi connectivity index (χ0v) is 17.3. The van der Waals surface area contributed by atoms with E-state index in [1.807, 2.05) is 32.2 Å². The lowest BCUT2D eigenvalue weighted by Crippen LogP contribution is -2.14. The van der Waals surface area contributed by atoms with Crippen molar-refractivity contribution < 1.29 is 13.9 Å².